The van der Waals surface area contributed by atoms with Crippen molar-refractivity contribution in [1.29, 1.82) is 0 Å². The second kappa shape index (κ2) is 5.11. The summed E-state index contributed by atoms with van der Waals surface area (Å²) in [6, 6.07) is 3.46. The van der Waals surface area contributed by atoms with Crippen LogP contribution in [-0.2, 0) is 12.8 Å². The lowest BCUT2D eigenvalue weighted by atomic mass is 10.0. The molecule has 104 valence electrons. The van der Waals surface area contributed by atoms with Crippen LogP contribution in [0.5, 0.6) is 5.75 Å². The third-order valence-corrected chi connectivity index (χ3v) is 4.06. The predicted molar refractivity (Wildman–Crippen MR) is 80.5 cm³/mol. The molecule has 0 bridgehead atoms. The van der Waals surface area contributed by atoms with Crippen LogP contribution in [0.15, 0.2) is 12.1 Å². The van der Waals surface area contributed by atoms with Crippen LogP contribution in [0.3, 0.4) is 0 Å². The summed E-state index contributed by atoms with van der Waals surface area (Å²) in [6.07, 6.45) is 2.92. The number of aryl methyl sites for hydroxylation is 1. The number of nitrogens with zero attached hydrogens (tertiary/aromatic N) is 2. The normalized spacial score (nSPS) is 13.3. The monoisotopic (exact) mass is 309 g/mol. The first-order chi connectivity index (χ1) is 9.60. The van der Waals surface area contributed by atoms with E-state index in [1.165, 1.54) is 0 Å². The number of hydrogen-bond donors (Lipinski definition) is 1. The number of benzene rings is 1. The van der Waals surface area contributed by atoms with Crippen molar-refractivity contribution >= 4 is 29.2 Å². The first-order valence-electron chi connectivity index (χ1n) is 6.29. The number of ether oxygens (including phenoxy) is 1. The number of fused-ring (bicyclic) bond motifs is 1. The van der Waals surface area contributed by atoms with E-state index in [-0.39, 0.29) is 5.95 Å². The van der Waals surface area contributed by atoms with Crippen molar-refractivity contribution in [3.05, 3.63) is 33.4 Å². The molecule has 1 aromatic carbocycles. The van der Waals surface area contributed by atoms with Crippen LogP contribution < -0.4 is 10.5 Å². The van der Waals surface area contributed by atoms with E-state index >= 15 is 0 Å². The van der Waals surface area contributed by atoms with Crippen LogP contribution in [0.4, 0.5) is 5.95 Å². The number of halogens is 2. The summed E-state index contributed by atoms with van der Waals surface area (Å²) in [7, 11) is 1.57. The zero-order chi connectivity index (χ0) is 14.3. The number of rotatable bonds is 2. The van der Waals surface area contributed by atoms with Gasteiger partial charge in [-0.2, -0.15) is 0 Å². The van der Waals surface area contributed by atoms with Crippen LogP contribution in [0.1, 0.15) is 17.7 Å². The smallest absolute Gasteiger partial charge is 0.220 e. The van der Waals surface area contributed by atoms with Crippen LogP contribution in [-0.4, -0.2) is 17.1 Å². The van der Waals surface area contributed by atoms with Crippen molar-refractivity contribution in [2.75, 3.05) is 12.8 Å². The molecule has 3 rings (SSSR count). The number of methoxy groups -OCH3 is 1. The molecule has 1 aliphatic rings. The second-order valence-electron chi connectivity index (χ2n) is 4.68. The molecule has 1 heterocycles. The van der Waals surface area contributed by atoms with Crippen molar-refractivity contribution < 1.29 is 4.74 Å². The Hall–Kier alpha value is -1.52. The molecule has 0 aliphatic heterocycles. The molecule has 0 spiro atoms. The van der Waals surface area contributed by atoms with Crippen LogP contribution in [0.2, 0.25) is 10.0 Å². The zero-order valence-corrected chi connectivity index (χ0v) is 12.4. The van der Waals surface area contributed by atoms with Gasteiger partial charge in [-0.15, -0.1) is 0 Å². The van der Waals surface area contributed by atoms with Gasteiger partial charge >= 0.3 is 0 Å². The molecule has 1 aromatic heterocycles. The highest BCUT2D eigenvalue weighted by Crippen LogP contribution is 2.39. The number of nitrogen functional groups attached to an aromatic ring is 1. The van der Waals surface area contributed by atoms with Crippen LogP contribution >= 0.6 is 23.2 Å². The van der Waals surface area contributed by atoms with E-state index in [0.717, 1.165) is 41.8 Å². The summed E-state index contributed by atoms with van der Waals surface area (Å²) in [5, 5.41) is 1.00. The van der Waals surface area contributed by atoms with E-state index in [1.807, 2.05) is 0 Å². The number of hydrogen-bond acceptors (Lipinski definition) is 4. The van der Waals surface area contributed by atoms with E-state index < -0.39 is 0 Å². The molecule has 1 aliphatic carbocycles. The summed E-state index contributed by atoms with van der Waals surface area (Å²) < 4.78 is 5.25. The number of anilines is 1. The molecule has 0 saturated heterocycles. The summed E-state index contributed by atoms with van der Waals surface area (Å²) in [5.41, 5.74) is 9.48. The summed E-state index contributed by atoms with van der Waals surface area (Å²) in [4.78, 5) is 8.66. The summed E-state index contributed by atoms with van der Waals surface area (Å²) in [6.45, 7) is 0. The van der Waals surface area contributed by atoms with Gasteiger partial charge in [0.25, 0.3) is 0 Å². The van der Waals surface area contributed by atoms with E-state index in [0.29, 0.717) is 15.8 Å². The minimum Gasteiger partial charge on any atom is -0.495 e. The molecule has 2 aromatic rings. The fourth-order valence-corrected chi connectivity index (χ4v) is 3.09. The van der Waals surface area contributed by atoms with Gasteiger partial charge in [-0.25, -0.2) is 9.97 Å². The first-order valence-corrected chi connectivity index (χ1v) is 7.04. The van der Waals surface area contributed by atoms with Gasteiger partial charge in [0.05, 0.1) is 22.8 Å². The summed E-state index contributed by atoms with van der Waals surface area (Å²) in [5.74, 6) is 0.834. The Labute approximate surface area is 126 Å². The fraction of sp³-hybridized carbons (Fsp3) is 0.286. The molecule has 2 N–H and O–H groups in total. The van der Waals surface area contributed by atoms with Crippen LogP contribution in [0, 0.1) is 0 Å². The van der Waals surface area contributed by atoms with Crippen molar-refractivity contribution in [2.45, 2.75) is 19.3 Å². The Morgan fingerprint density at radius 3 is 2.70 bits per heavy atom. The molecular weight excluding hydrogens is 297 g/mol. The Kier molecular flexibility index (Phi) is 3.44. The highest BCUT2D eigenvalue weighted by atomic mass is 35.5. The third kappa shape index (κ3) is 2.19. The van der Waals surface area contributed by atoms with Gasteiger partial charge in [0.2, 0.25) is 5.95 Å². The van der Waals surface area contributed by atoms with E-state index in [1.54, 1.807) is 19.2 Å². The lowest BCUT2D eigenvalue weighted by Gasteiger charge is -2.12. The van der Waals surface area contributed by atoms with Gasteiger partial charge in [0, 0.05) is 16.8 Å². The second-order valence-corrected chi connectivity index (χ2v) is 5.49. The largest absolute Gasteiger partial charge is 0.495 e. The molecule has 0 atom stereocenters. The Balaban J connectivity index is 2.24. The van der Waals surface area contributed by atoms with Gasteiger partial charge in [0.15, 0.2) is 0 Å². The molecule has 0 radical (unpaired) electrons. The Morgan fingerprint density at radius 1 is 1.15 bits per heavy atom. The zero-order valence-electron chi connectivity index (χ0n) is 10.9. The van der Waals surface area contributed by atoms with Crippen molar-refractivity contribution in [2.24, 2.45) is 0 Å². The van der Waals surface area contributed by atoms with Gasteiger partial charge < -0.3 is 10.5 Å². The SMILES string of the molecule is COc1cc(-c2nc(N)nc3c2CCC3)c(Cl)cc1Cl. The quantitative estimate of drug-likeness (QED) is 0.922. The molecule has 20 heavy (non-hydrogen) atoms. The maximum atomic E-state index is 6.31. The Bertz CT molecular complexity index is 689. The van der Waals surface area contributed by atoms with Gasteiger partial charge in [0.1, 0.15) is 5.75 Å². The molecule has 0 fully saturated rings. The van der Waals surface area contributed by atoms with Crippen molar-refractivity contribution in [3.63, 3.8) is 0 Å². The van der Waals surface area contributed by atoms with Gasteiger partial charge in [-0.05, 0) is 31.4 Å². The molecule has 0 unspecified atom stereocenters. The molecule has 0 saturated carbocycles. The molecule has 4 nitrogen and oxygen atoms in total. The van der Waals surface area contributed by atoms with Gasteiger partial charge in [-0.3, -0.25) is 0 Å². The average molecular weight is 310 g/mol. The first kappa shape index (κ1) is 13.5. The van der Waals surface area contributed by atoms with Crippen LogP contribution in [0.25, 0.3) is 11.3 Å². The lowest BCUT2D eigenvalue weighted by Crippen LogP contribution is -2.03. The topological polar surface area (TPSA) is 61.0 Å². The molecule has 0 amide bonds. The fourth-order valence-electron chi connectivity index (χ4n) is 2.54. The van der Waals surface area contributed by atoms with Crippen molar-refractivity contribution in [3.8, 4) is 17.0 Å². The third-order valence-electron chi connectivity index (χ3n) is 3.45. The maximum Gasteiger partial charge on any atom is 0.220 e. The van der Waals surface area contributed by atoms with Crippen molar-refractivity contribution in [1.82, 2.24) is 9.97 Å². The predicted octanol–water partition coefficient (Wildman–Crippen LogP) is 3.53. The van der Waals surface area contributed by atoms with E-state index in [2.05, 4.69) is 9.97 Å². The highest BCUT2D eigenvalue weighted by molar-refractivity contribution is 6.37. The maximum absolute atomic E-state index is 6.31. The highest BCUT2D eigenvalue weighted by Gasteiger charge is 2.22. The number of aromatic nitrogens is 2. The summed E-state index contributed by atoms with van der Waals surface area (Å²) >= 11 is 12.4. The number of nitrogens with two attached hydrogens (primary N) is 1. The van der Waals surface area contributed by atoms with E-state index in [4.69, 9.17) is 33.7 Å². The minimum absolute atomic E-state index is 0.269. The molecular formula is C14H13Cl2N3O. The standard InChI is InChI=1S/C14H13Cl2N3O/c1-20-12-5-8(9(15)6-10(12)16)13-7-3-2-4-11(7)18-14(17)19-13/h5-6H,2-4H2,1H3,(H2,17,18,19). The minimum atomic E-state index is 0.269. The Morgan fingerprint density at radius 2 is 1.95 bits per heavy atom. The average Bonchev–Trinajstić information content (AvgIpc) is 2.86. The molecule has 6 heteroatoms. The van der Waals surface area contributed by atoms with E-state index in [9.17, 15) is 0 Å². The lowest BCUT2D eigenvalue weighted by molar-refractivity contribution is 0.415. The van der Waals surface area contributed by atoms with Gasteiger partial charge in [-0.1, -0.05) is 23.2 Å².